The molecule has 0 saturated carbocycles. The van der Waals surface area contributed by atoms with E-state index in [1.54, 1.807) is 18.3 Å². The van der Waals surface area contributed by atoms with Crippen LogP contribution in [0.1, 0.15) is 79.3 Å². The van der Waals surface area contributed by atoms with Gasteiger partial charge in [-0.25, -0.2) is 36.4 Å². The number of nitrogens with zero attached hydrogens (tertiary/aromatic N) is 3. The number of carbonyl (C=O) groups excluding carboxylic acids is 4. The number of benzene rings is 4. The van der Waals surface area contributed by atoms with Gasteiger partial charge in [-0.2, -0.15) is 10.2 Å². The summed E-state index contributed by atoms with van der Waals surface area (Å²) in [5, 5.41) is 20.9. The van der Waals surface area contributed by atoms with Crippen LogP contribution in [0, 0.1) is 23.3 Å². The molecule has 0 saturated heterocycles. The third-order valence-corrected chi connectivity index (χ3v) is 15.2. The highest BCUT2D eigenvalue weighted by atomic mass is 35.5. The van der Waals surface area contributed by atoms with Crippen LogP contribution in [-0.4, -0.2) is 76.5 Å². The van der Waals surface area contributed by atoms with Crippen LogP contribution >= 0.6 is 50.2 Å². The molecule has 2 aliphatic carbocycles. The number of halogens is 7. The average molecular weight is 1270 g/mol. The fraction of sp³-hybridized carbons (Fsp3) is 0.259. The van der Waals surface area contributed by atoms with E-state index in [9.17, 15) is 45.9 Å². The van der Waals surface area contributed by atoms with Gasteiger partial charge in [-0.3, -0.25) is 37.3 Å². The van der Waals surface area contributed by atoms with Crippen molar-refractivity contribution in [3.63, 3.8) is 0 Å². The number of hydrogen-bond acceptors (Lipinski definition) is 15. The highest BCUT2D eigenvalue weighted by Crippen LogP contribution is 2.49. The standard InChI is InChI=1S/C26H26ClF2N4O6P.C21H17ClF2N4O3.C7H12ClO4P/c1-3-12-38-40(2,36)39-15-33-11-10-17(32-33)14-37-26(35)31-23-9-6-18-19(5-8-22(29)24(18)23)25(34)30-16-4-7-21(28)20(27)13-16;22-15-9-11(1-4-16(15)23)26-20(29)14-2-5-17(24)19-13(14)3-6-18(19)27-21(30)31-10-12-7-8-25-28-12;1-3-5-10-13(9,12-7-8)11-6-4-2/h3-5,7-8,10-11,13,23H,1,6,9,12,14-15H2,2H3,(H,30,34)(H,31,35);1-2,4-5,7-9,18H,3,6,10H2,(H,25,28)(H,26,29)(H,27,30);3-4H,1-2,5-7H2/t23-,40?;18-;/m00./s1. The summed E-state index contributed by atoms with van der Waals surface area (Å²) in [5.74, 6) is -3.31. The third kappa shape index (κ3) is 19.2. The molecule has 2 heterocycles. The van der Waals surface area contributed by atoms with Crippen LogP contribution in [0.3, 0.4) is 0 Å². The molecule has 84 heavy (non-hydrogen) atoms. The molecule has 2 aliphatic rings. The van der Waals surface area contributed by atoms with Gasteiger partial charge in [0.2, 0.25) is 0 Å². The summed E-state index contributed by atoms with van der Waals surface area (Å²) in [4.78, 5) is 50.2. The molecular formula is C54H55Cl3F4N8O13P2. The van der Waals surface area contributed by atoms with E-state index in [0.717, 1.165) is 18.2 Å². The molecule has 30 heteroatoms. The summed E-state index contributed by atoms with van der Waals surface area (Å²) >= 11 is 16.8. The first-order chi connectivity index (χ1) is 40.2. The number of phosphoric ester groups is 1. The first-order valence-electron chi connectivity index (χ1n) is 25.0. The Kier molecular flexibility index (Phi) is 24.9. The molecule has 4 amide bonds. The van der Waals surface area contributed by atoms with Gasteiger partial charge in [-0.1, -0.05) is 53.0 Å². The minimum absolute atomic E-state index is 0.00341. The molecule has 3 atom stereocenters. The minimum Gasteiger partial charge on any atom is -0.443 e. The molecule has 448 valence electrons. The number of H-pyrrole nitrogens is 1. The van der Waals surface area contributed by atoms with Gasteiger partial charge in [0.25, 0.3) is 11.8 Å². The maximum Gasteiger partial charge on any atom is 0.476 e. The summed E-state index contributed by atoms with van der Waals surface area (Å²) in [6.07, 6.45) is 7.40. The van der Waals surface area contributed by atoms with Crippen molar-refractivity contribution >= 4 is 85.6 Å². The number of rotatable bonds is 24. The largest absolute Gasteiger partial charge is 0.476 e. The second-order valence-corrected chi connectivity index (χ2v) is 22.4. The topological polar surface area (TPSA) is 262 Å². The van der Waals surface area contributed by atoms with Gasteiger partial charge in [0, 0.05) is 52.7 Å². The van der Waals surface area contributed by atoms with Crippen molar-refractivity contribution < 1.29 is 78.0 Å². The van der Waals surface area contributed by atoms with Crippen LogP contribution in [0.4, 0.5) is 38.5 Å². The number of carbonyl (C=O) groups is 4. The zero-order chi connectivity index (χ0) is 61.0. The van der Waals surface area contributed by atoms with E-state index in [-0.39, 0.29) is 83.8 Å². The van der Waals surface area contributed by atoms with Crippen LogP contribution in [0.15, 0.2) is 123 Å². The van der Waals surface area contributed by atoms with Crippen molar-refractivity contribution in [3.05, 3.63) is 201 Å². The Morgan fingerprint density at radius 1 is 0.679 bits per heavy atom. The fourth-order valence-corrected chi connectivity index (χ4v) is 10.5. The second kappa shape index (κ2) is 31.7. The number of nitrogens with one attached hydrogen (secondary N) is 5. The van der Waals surface area contributed by atoms with Gasteiger partial charge in [0.1, 0.15) is 55.0 Å². The van der Waals surface area contributed by atoms with Crippen LogP contribution in [0.25, 0.3) is 0 Å². The van der Waals surface area contributed by atoms with Crippen molar-refractivity contribution in [1.82, 2.24) is 30.6 Å². The van der Waals surface area contributed by atoms with Crippen molar-refractivity contribution in [2.45, 2.75) is 57.7 Å². The molecule has 21 nitrogen and oxygen atoms in total. The van der Waals surface area contributed by atoms with Crippen molar-refractivity contribution in [1.29, 1.82) is 0 Å². The third-order valence-electron chi connectivity index (χ3n) is 11.8. The zero-order valence-corrected chi connectivity index (χ0v) is 48.6. The highest BCUT2D eigenvalue weighted by molar-refractivity contribution is 7.52. The molecule has 4 aromatic carbocycles. The smallest absolute Gasteiger partial charge is 0.443 e. The number of ether oxygens (including phenoxy) is 2. The van der Waals surface area contributed by atoms with E-state index in [0.29, 0.717) is 53.9 Å². The first-order valence-corrected chi connectivity index (χ1v) is 29.7. The minimum atomic E-state index is -3.53. The Balaban J connectivity index is 0.000000227. The molecule has 0 aliphatic heterocycles. The lowest BCUT2D eigenvalue weighted by molar-refractivity contribution is 0.101. The van der Waals surface area contributed by atoms with Gasteiger partial charge in [-0.15, -0.1) is 19.7 Å². The van der Waals surface area contributed by atoms with Crippen molar-refractivity contribution in [2.24, 2.45) is 0 Å². The van der Waals surface area contributed by atoms with E-state index < -0.39 is 74.8 Å². The van der Waals surface area contributed by atoms with Crippen LogP contribution < -0.4 is 21.3 Å². The van der Waals surface area contributed by atoms with Gasteiger partial charge < -0.3 is 35.3 Å². The van der Waals surface area contributed by atoms with E-state index in [1.807, 2.05) is 0 Å². The predicted molar refractivity (Wildman–Crippen MR) is 304 cm³/mol. The van der Waals surface area contributed by atoms with Crippen molar-refractivity contribution in [2.75, 3.05) is 43.2 Å². The molecule has 5 N–H and O–H groups in total. The van der Waals surface area contributed by atoms with Crippen molar-refractivity contribution in [3.8, 4) is 0 Å². The Morgan fingerprint density at radius 3 is 1.63 bits per heavy atom. The molecular weight excluding hydrogens is 1210 g/mol. The number of hydrogen-bond donors (Lipinski definition) is 5. The normalized spacial score (nSPS) is 14.6. The summed E-state index contributed by atoms with van der Waals surface area (Å²) in [7, 11) is -6.80. The second-order valence-electron chi connectivity index (χ2n) is 17.7. The fourth-order valence-electron chi connectivity index (χ4n) is 8.11. The zero-order valence-electron chi connectivity index (χ0n) is 44.6. The summed E-state index contributed by atoms with van der Waals surface area (Å²) in [6, 6.07) is 14.3. The highest BCUT2D eigenvalue weighted by Gasteiger charge is 2.33. The van der Waals surface area contributed by atoms with Crippen LogP contribution in [-0.2, 0) is 74.0 Å². The van der Waals surface area contributed by atoms with Gasteiger partial charge in [0.05, 0.1) is 47.6 Å². The number of phosphoric acid groups is 1. The van der Waals surface area contributed by atoms with Crippen LogP contribution in [0.2, 0.25) is 10.0 Å². The predicted octanol–water partition coefficient (Wildman–Crippen LogP) is 13.2. The summed E-state index contributed by atoms with van der Waals surface area (Å²) in [6.45, 7) is 11.5. The summed E-state index contributed by atoms with van der Waals surface area (Å²) in [5.41, 5.74) is 3.52. The number of alkyl carbamates (subject to hydrolysis) is 2. The number of amides is 4. The molecule has 1 unspecified atom stereocenters. The molecule has 2 aromatic heterocycles. The van der Waals surface area contributed by atoms with E-state index in [2.05, 4.69) is 60.8 Å². The molecule has 0 fully saturated rings. The first kappa shape index (κ1) is 66.0. The number of alkyl halides is 1. The van der Waals surface area contributed by atoms with Gasteiger partial charge in [-0.05, 0) is 110 Å². The Morgan fingerprint density at radius 2 is 1.17 bits per heavy atom. The lowest BCUT2D eigenvalue weighted by atomic mass is 10.0. The molecule has 0 bridgehead atoms. The SMILES string of the molecule is C=CCOP(=O)(OCCl)OCC=C.C=CCOP(C)(=O)OCn1ccc(COC(=O)N[C@H]2CCc3c(C(=O)Nc4ccc(F)c(Cl)c4)ccc(F)c32)n1.O=C(N[C@H]1CCc2c(C(=O)Nc3ccc(F)c(Cl)c3)ccc(F)c21)OCc1ccn[nH]1. The Labute approximate surface area is 494 Å². The van der Waals surface area contributed by atoms with Crippen LogP contribution in [0.5, 0.6) is 0 Å². The molecule has 8 rings (SSSR count). The number of fused-ring (bicyclic) bond motifs is 2. The maximum atomic E-state index is 14.8. The number of aromatic amines is 1. The van der Waals surface area contributed by atoms with Gasteiger partial charge in [0.15, 0.2) is 0 Å². The van der Waals surface area contributed by atoms with E-state index in [4.69, 9.17) is 62.4 Å². The monoisotopic (exact) mass is 1270 g/mol. The lowest BCUT2D eigenvalue weighted by Crippen LogP contribution is -2.28. The average Bonchev–Trinajstić information content (AvgIpc) is 3.76. The Hall–Kier alpha value is -7.15. The van der Waals surface area contributed by atoms with Gasteiger partial charge >= 0.3 is 27.6 Å². The lowest BCUT2D eigenvalue weighted by Gasteiger charge is -2.16. The number of anilines is 2. The quantitative estimate of drug-likeness (QED) is 0.0163. The molecule has 6 aromatic rings. The van der Waals surface area contributed by atoms with E-state index >= 15 is 0 Å². The Bertz CT molecular complexity index is 3420. The molecule has 0 spiro atoms. The molecule has 0 radical (unpaired) electrons. The summed E-state index contributed by atoms with van der Waals surface area (Å²) < 4.78 is 116. The maximum absolute atomic E-state index is 14.8. The number of aromatic nitrogens is 4. The van der Waals surface area contributed by atoms with E-state index in [1.165, 1.54) is 78.2 Å².